The summed E-state index contributed by atoms with van der Waals surface area (Å²) in [6.07, 6.45) is 0. The number of rotatable bonds is 2. The monoisotopic (exact) mass is 393 g/mol. The highest BCUT2D eigenvalue weighted by Crippen LogP contribution is 2.37. The minimum atomic E-state index is -0.682. The second-order valence-corrected chi connectivity index (χ2v) is 6.62. The number of carbonyl (C=O) groups is 3. The van der Waals surface area contributed by atoms with Gasteiger partial charge in [-0.2, -0.15) is 0 Å². The average Bonchev–Trinajstić information content (AvgIpc) is 2.67. The summed E-state index contributed by atoms with van der Waals surface area (Å²) in [7, 11) is 0. The molecule has 0 saturated heterocycles. The second-order valence-electron chi connectivity index (χ2n) is 6.21. The molecule has 0 aromatic heterocycles. The Labute approximate surface area is 164 Å². The Kier molecular flexibility index (Phi) is 4.13. The number of hydrogen-bond donors (Lipinski definition) is 3. The highest BCUT2D eigenvalue weighted by atomic mass is 35.5. The zero-order valence-corrected chi connectivity index (χ0v) is 14.9. The van der Waals surface area contributed by atoms with Gasteiger partial charge in [0.2, 0.25) is 5.78 Å². The van der Waals surface area contributed by atoms with E-state index in [0.29, 0.717) is 10.7 Å². The van der Waals surface area contributed by atoms with Crippen molar-refractivity contribution in [3.63, 3.8) is 0 Å². The van der Waals surface area contributed by atoms with Gasteiger partial charge in [-0.05, 0) is 30.3 Å². The van der Waals surface area contributed by atoms with E-state index in [4.69, 9.17) is 11.6 Å². The molecule has 0 fully saturated rings. The Morgan fingerprint density at radius 2 is 1.54 bits per heavy atom. The molecule has 3 aromatic carbocycles. The van der Waals surface area contributed by atoms with Gasteiger partial charge in [0, 0.05) is 16.7 Å². The number of para-hydroxylation sites is 1. The maximum Gasteiger partial charge on any atom is 0.255 e. The van der Waals surface area contributed by atoms with E-state index in [0.717, 1.165) is 6.07 Å². The van der Waals surface area contributed by atoms with Gasteiger partial charge in [0.25, 0.3) is 5.91 Å². The molecule has 138 valence electrons. The number of benzene rings is 3. The van der Waals surface area contributed by atoms with Crippen molar-refractivity contribution in [1.82, 2.24) is 0 Å². The van der Waals surface area contributed by atoms with Crippen molar-refractivity contribution in [3.05, 3.63) is 87.4 Å². The van der Waals surface area contributed by atoms with Crippen LogP contribution in [0, 0.1) is 0 Å². The van der Waals surface area contributed by atoms with E-state index in [2.05, 4.69) is 5.32 Å². The Bertz CT molecular complexity index is 1190. The number of halogens is 1. The number of nitrogens with one attached hydrogen (secondary N) is 1. The number of phenolic OH excluding ortho intramolecular Hbond substituents is 2. The summed E-state index contributed by atoms with van der Waals surface area (Å²) < 4.78 is 0. The zero-order valence-electron chi connectivity index (χ0n) is 14.2. The molecule has 7 heteroatoms. The Morgan fingerprint density at radius 1 is 0.821 bits per heavy atom. The summed E-state index contributed by atoms with van der Waals surface area (Å²) in [5.74, 6) is -2.72. The van der Waals surface area contributed by atoms with Gasteiger partial charge in [-0.25, -0.2) is 0 Å². The zero-order chi connectivity index (χ0) is 20.0. The van der Waals surface area contributed by atoms with E-state index in [1.165, 1.54) is 24.3 Å². The van der Waals surface area contributed by atoms with Gasteiger partial charge in [-0.1, -0.05) is 35.9 Å². The molecule has 28 heavy (non-hydrogen) atoms. The van der Waals surface area contributed by atoms with E-state index < -0.39 is 23.2 Å². The molecular formula is C21H12ClNO5. The van der Waals surface area contributed by atoms with Crippen LogP contribution in [-0.4, -0.2) is 27.7 Å². The summed E-state index contributed by atoms with van der Waals surface area (Å²) in [5.41, 5.74) is -0.144. The van der Waals surface area contributed by atoms with E-state index in [1.54, 1.807) is 24.3 Å². The van der Waals surface area contributed by atoms with E-state index in [9.17, 15) is 24.6 Å². The number of anilines is 1. The molecule has 0 spiro atoms. The van der Waals surface area contributed by atoms with Crippen LogP contribution in [0.25, 0.3) is 0 Å². The predicted octanol–water partition coefficient (Wildman–Crippen LogP) is 3.78. The van der Waals surface area contributed by atoms with Gasteiger partial charge in [-0.15, -0.1) is 0 Å². The van der Waals surface area contributed by atoms with Crippen LogP contribution in [0.5, 0.6) is 11.5 Å². The molecule has 0 aliphatic heterocycles. The fraction of sp³-hybridized carbons (Fsp3) is 0. The van der Waals surface area contributed by atoms with Gasteiger partial charge >= 0.3 is 0 Å². The first-order valence-corrected chi connectivity index (χ1v) is 8.60. The molecule has 3 N–H and O–H groups in total. The van der Waals surface area contributed by atoms with Crippen LogP contribution in [0.3, 0.4) is 0 Å². The van der Waals surface area contributed by atoms with Crippen LogP contribution in [0.1, 0.15) is 42.2 Å². The molecule has 0 bridgehead atoms. The molecule has 0 radical (unpaired) electrons. The Balaban J connectivity index is 1.79. The largest absolute Gasteiger partial charge is 0.507 e. The van der Waals surface area contributed by atoms with Crippen LogP contribution < -0.4 is 5.32 Å². The minimum Gasteiger partial charge on any atom is -0.507 e. The first kappa shape index (κ1) is 17.8. The maximum atomic E-state index is 12.8. The first-order valence-electron chi connectivity index (χ1n) is 8.22. The highest BCUT2D eigenvalue weighted by molar-refractivity contribution is 6.34. The Morgan fingerprint density at radius 3 is 2.29 bits per heavy atom. The van der Waals surface area contributed by atoms with Crippen LogP contribution >= 0.6 is 11.6 Å². The number of amides is 1. The molecule has 3 aromatic rings. The van der Waals surface area contributed by atoms with Crippen molar-refractivity contribution >= 4 is 34.8 Å². The SMILES string of the molecule is O=C(Nc1ccccc1Cl)c1cc(O)c2c(c1)C(=O)c1cccc(O)c1C2=O. The molecule has 6 nitrogen and oxygen atoms in total. The van der Waals surface area contributed by atoms with E-state index in [-0.39, 0.29) is 33.6 Å². The number of ketones is 2. The van der Waals surface area contributed by atoms with Crippen molar-refractivity contribution in [2.45, 2.75) is 0 Å². The van der Waals surface area contributed by atoms with Crippen molar-refractivity contribution in [1.29, 1.82) is 0 Å². The summed E-state index contributed by atoms with van der Waals surface area (Å²) in [6, 6.07) is 13.1. The molecular weight excluding hydrogens is 382 g/mol. The molecule has 0 unspecified atom stereocenters. The van der Waals surface area contributed by atoms with Crippen LogP contribution in [-0.2, 0) is 0 Å². The lowest BCUT2D eigenvalue weighted by Crippen LogP contribution is -2.22. The summed E-state index contributed by atoms with van der Waals surface area (Å²) in [5, 5.41) is 23.2. The van der Waals surface area contributed by atoms with E-state index >= 15 is 0 Å². The molecule has 0 heterocycles. The molecule has 1 amide bonds. The lowest BCUT2D eigenvalue weighted by atomic mass is 9.82. The highest BCUT2D eigenvalue weighted by Gasteiger charge is 2.35. The quantitative estimate of drug-likeness (QED) is 0.481. The maximum absolute atomic E-state index is 12.8. The van der Waals surface area contributed by atoms with Gasteiger partial charge in [0.15, 0.2) is 5.78 Å². The van der Waals surface area contributed by atoms with Crippen LogP contribution in [0.2, 0.25) is 5.02 Å². The van der Waals surface area contributed by atoms with Crippen molar-refractivity contribution < 1.29 is 24.6 Å². The predicted molar refractivity (Wildman–Crippen MR) is 102 cm³/mol. The van der Waals surface area contributed by atoms with Crippen molar-refractivity contribution in [2.75, 3.05) is 5.32 Å². The third-order valence-corrected chi connectivity index (χ3v) is 4.82. The third kappa shape index (κ3) is 2.71. The third-order valence-electron chi connectivity index (χ3n) is 4.49. The second kappa shape index (κ2) is 6.51. The van der Waals surface area contributed by atoms with Gasteiger partial charge in [0.05, 0.1) is 21.8 Å². The summed E-state index contributed by atoms with van der Waals surface area (Å²) in [4.78, 5) is 38.1. The van der Waals surface area contributed by atoms with Crippen molar-refractivity contribution in [3.8, 4) is 11.5 Å². The lowest BCUT2D eigenvalue weighted by molar-refractivity contribution is 0.0972. The van der Waals surface area contributed by atoms with Gasteiger partial charge in [0.1, 0.15) is 11.5 Å². The van der Waals surface area contributed by atoms with Crippen molar-refractivity contribution in [2.24, 2.45) is 0 Å². The number of carbonyl (C=O) groups excluding carboxylic acids is 3. The molecule has 0 atom stereocenters. The smallest absolute Gasteiger partial charge is 0.255 e. The lowest BCUT2D eigenvalue weighted by Gasteiger charge is -2.20. The van der Waals surface area contributed by atoms with Gasteiger partial charge < -0.3 is 15.5 Å². The number of fused-ring (bicyclic) bond motifs is 2. The van der Waals surface area contributed by atoms with Gasteiger partial charge in [-0.3, -0.25) is 14.4 Å². The molecule has 4 rings (SSSR count). The normalized spacial score (nSPS) is 12.3. The average molecular weight is 394 g/mol. The topological polar surface area (TPSA) is 104 Å². The number of aromatic hydroxyl groups is 2. The molecule has 1 aliphatic carbocycles. The van der Waals surface area contributed by atoms with E-state index in [1.807, 2.05) is 0 Å². The van der Waals surface area contributed by atoms with Crippen LogP contribution in [0.15, 0.2) is 54.6 Å². The fourth-order valence-electron chi connectivity index (χ4n) is 3.17. The number of hydrogen-bond acceptors (Lipinski definition) is 5. The van der Waals surface area contributed by atoms with Crippen LogP contribution in [0.4, 0.5) is 5.69 Å². The fourth-order valence-corrected chi connectivity index (χ4v) is 3.35. The summed E-state index contributed by atoms with van der Waals surface area (Å²) >= 11 is 6.03. The Hall–Kier alpha value is -3.64. The standard InChI is InChI=1S/C21H12ClNO5/c22-13-5-1-2-6-14(13)23-21(28)10-8-12-18(16(25)9-10)20(27)17-11(19(12)26)4-3-7-15(17)24/h1-9,24-25H,(H,23,28). The minimum absolute atomic E-state index is 0.0130. The molecule has 1 aliphatic rings. The molecule has 0 saturated carbocycles. The summed E-state index contributed by atoms with van der Waals surface area (Å²) in [6.45, 7) is 0. The number of phenols is 2. The first-order chi connectivity index (χ1) is 13.4.